The lowest BCUT2D eigenvalue weighted by atomic mass is 10.0. The molecule has 4 nitrogen and oxygen atoms in total. The van der Waals surface area contributed by atoms with Crippen LogP contribution < -0.4 is 0 Å². The lowest BCUT2D eigenvalue weighted by molar-refractivity contribution is 0.535. The maximum atomic E-state index is 10.3. The number of hydrogen-bond acceptors (Lipinski definition) is 4. The molecule has 0 aliphatic heterocycles. The molecule has 0 spiro atoms. The summed E-state index contributed by atoms with van der Waals surface area (Å²) >= 11 is 0. The van der Waals surface area contributed by atoms with Crippen LogP contribution in [0.4, 0.5) is 0 Å². The fourth-order valence-corrected chi connectivity index (χ4v) is 2.81. The number of aliphatic imine (C=N–C) groups is 2. The van der Waals surface area contributed by atoms with E-state index < -0.39 is 0 Å². The summed E-state index contributed by atoms with van der Waals surface area (Å²) in [6, 6.07) is 0. The summed E-state index contributed by atoms with van der Waals surface area (Å²) in [5.41, 5.74) is 0.507. The Labute approximate surface area is 147 Å². The fraction of sp³-hybridized carbons (Fsp3) is 0.800. The Morgan fingerprint density at radius 3 is 1.58 bits per heavy atom. The summed E-state index contributed by atoms with van der Waals surface area (Å²) < 4.78 is 0. The van der Waals surface area contributed by atoms with E-state index >= 15 is 0 Å². The Balaban J connectivity index is 3.36. The van der Waals surface area contributed by atoms with Crippen LogP contribution in [0.15, 0.2) is 21.9 Å². The Bertz CT molecular complexity index is 406. The van der Waals surface area contributed by atoms with Crippen molar-refractivity contribution in [1.82, 2.24) is 0 Å². The SMILES string of the molecule is CCCCCCCCCCCCCCCC/C(=C/N=C=O)N=C=O. The Hall–Kier alpha value is -1.50. The molecule has 0 N–H and O–H groups in total. The molecule has 0 heterocycles. The largest absolute Gasteiger partial charge is 0.240 e. The average Bonchev–Trinajstić information content (AvgIpc) is 2.59. The van der Waals surface area contributed by atoms with Crippen molar-refractivity contribution in [2.75, 3.05) is 0 Å². The Kier molecular flexibility index (Phi) is 18.3. The number of unbranched alkanes of at least 4 members (excludes halogenated alkanes) is 13. The van der Waals surface area contributed by atoms with Gasteiger partial charge in [-0.1, -0.05) is 90.4 Å². The molecule has 24 heavy (non-hydrogen) atoms. The van der Waals surface area contributed by atoms with E-state index in [1.807, 2.05) is 0 Å². The zero-order valence-electron chi connectivity index (χ0n) is 15.4. The molecule has 0 rings (SSSR count). The molecule has 0 aliphatic carbocycles. The quantitative estimate of drug-likeness (QED) is 0.176. The van der Waals surface area contributed by atoms with Gasteiger partial charge in [0.05, 0.1) is 11.9 Å². The number of isocyanates is 2. The first-order valence-electron chi connectivity index (χ1n) is 9.69. The van der Waals surface area contributed by atoms with Crippen molar-refractivity contribution >= 4 is 12.2 Å². The highest BCUT2D eigenvalue weighted by Gasteiger charge is 1.97. The summed E-state index contributed by atoms with van der Waals surface area (Å²) in [5, 5.41) is 0. The smallest absolute Gasteiger partial charge is 0.211 e. The monoisotopic (exact) mass is 334 g/mol. The topological polar surface area (TPSA) is 58.9 Å². The summed E-state index contributed by atoms with van der Waals surface area (Å²) in [5.74, 6) is 0. The second-order valence-electron chi connectivity index (χ2n) is 6.39. The minimum atomic E-state index is 0.507. The zero-order valence-corrected chi connectivity index (χ0v) is 15.4. The highest BCUT2D eigenvalue weighted by molar-refractivity contribution is 5.38. The van der Waals surface area contributed by atoms with Gasteiger partial charge < -0.3 is 0 Å². The van der Waals surface area contributed by atoms with Gasteiger partial charge in [-0.25, -0.2) is 9.59 Å². The summed E-state index contributed by atoms with van der Waals surface area (Å²) in [7, 11) is 0. The van der Waals surface area contributed by atoms with Crippen LogP contribution >= 0.6 is 0 Å². The van der Waals surface area contributed by atoms with E-state index in [0.29, 0.717) is 12.1 Å². The van der Waals surface area contributed by atoms with Crippen LogP contribution in [0.25, 0.3) is 0 Å². The van der Waals surface area contributed by atoms with E-state index in [4.69, 9.17) is 0 Å². The molecule has 0 aromatic heterocycles. The summed E-state index contributed by atoms with van der Waals surface area (Å²) in [4.78, 5) is 27.2. The van der Waals surface area contributed by atoms with Crippen LogP contribution in [0.5, 0.6) is 0 Å². The van der Waals surface area contributed by atoms with Gasteiger partial charge in [0.15, 0.2) is 0 Å². The van der Waals surface area contributed by atoms with Crippen molar-refractivity contribution in [3.8, 4) is 0 Å². The van der Waals surface area contributed by atoms with E-state index in [1.54, 1.807) is 0 Å². The van der Waals surface area contributed by atoms with Gasteiger partial charge in [-0.05, 0) is 12.8 Å². The molecule has 0 bridgehead atoms. The predicted octanol–water partition coefficient (Wildman–Crippen LogP) is 6.37. The third-order valence-corrected chi connectivity index (χ3v) is 4.24. The average molecular weight is 335 g/mol. The zero-order chi connectivity index (χ0) is 17.7. The minimum Gasteiger partial charge on any atom is -0.211 e. The van der Waals surface area contributed by atoms with E-state index in [-0.39, 0.29) is 0 Å². The molecule has 4 heteroatoms. The minimum absolute atomic E-state index is 0.507. The summed E-state index contributed by atoms with van der Waals surface area (Å²) in [6.07, 6.45) is 23.2. The Morgan fingerprint density at radius 1 is 0.708 bits per heavy atom. The first-order valence-corrected chi connectivity index (χ1v) is 9.69. The normalized spacial score (nSPS) is 11.0. The number of rotatable bonds is 17. The molecule has 136 valence electrons. The number of allylic oxidation sites excluding steroid dienone is 1. The standard InChI is InChI=1S/C20H34N2O2/c1-2-3-4-5-6-7-8-9-10-11-12-13-14-15-16-20(22-19-24)17-21-18-23/h17H,2-16H2,1H3/b20-17-. The van der Waals surface area contributed by atoms with E-state index in [2.05, 4.69) is 16.9 Å². The molecule has 0 aliphatic rings. The third-order valence-electron chi connectivity index (χ3n) is 4.24. The molecule has 0 amide bonds. The van der Waals surface area contributed by atoms with E-state index in [1.165, 1.54) is 95.4 Å². The third kappa shape index (κ3) is 16.9. The van der Waals surface area contributed by atoms with Gasteiger partial charge in [-0.2, -0.15) is 9.98 Å². The van der Waals surface area contributed by atoms with Crippen molar-refractivity contribution in [2.24, 2.45) is 9.98 Å². The fourth-order valence-electron chi connectivity index (χ4n) is 2.81. The first-order chi connectivity index (χ1) is 11.8. The predicted molar refractivity (Wildman–Crippen MR) is 99.3 cm³/mol. The van der Waals surface area contributed by atoms with Crippen LogP contribution in [-0.2, 0) is 9.59 Å². The molecule has 0 aromatic rings. The van der Waals surface area contributed by atoms with Gasteiger partial charge in [0.1, 0.15) is 0 Å². The van der Waals surface area contributed by atoms with Gasteiger partial charge >= 0.3 is 0 Å². The highest BCUT2D eigenvalue weighted by atomic mass is 16.1. The second kappa shape index (κ2) is 19.5. The maximum Gasteiger partial charge on any atom is 0.240 e. The van der Waals surface area contributed by atoms with Crippen molar-refractivity contribution in [3.05, 3.63) is 11.9 Å². The van der Waals surface area contributed by atoms with Gasteiger partial charge in [-0.15, -0.1) is 0 Å². The van der Waals surface area contributed by atoms with Crippen LogP contribution in [-0.4, -0.2) is 12.2 Å². The lowest BCUT2D eigenvalue weighted by Gasteiger charge is -2.03. The molecule has 0 fully saturated rings. The molecule has 0 atom stereocenters. The van der Waals surface area contributed by atoms with E-state index in [0.717, 1.165) is 12.8 Å². The molecule has 0 aromatic carbocycles. The summed E-state index contributed by atoms with van der Waals surface area (Å²) in [6.45, 7) is 2.26. The van der Waals surface area contributed by atoms with Gasteiger partial charge in [-0.3, -0.25) is 0 Å². The van der Waals surface area contributed by atoms with Gasteiger partial charge in [0, 0.05) is 0 Å². The van der Waals surface area contributed by atoms with Crippen LogP contribution in [0, 0.1) is 0 Å². The van der Waals surface area contributed by atoms with Crippen LogP contribution in [0.3, 0.4) is 0 Å². The highest BCUT2D eigenvalue weighted by Crippen LogP contribution is 2.15. The van der Waals surface area contributed by atoms with Crippen LogP contribution in [0.1, 0.15) is 103 Å². The molecule has 0 saturated carbocycles. The molecule has 0 saturated heterocycles. The van der Waals surface area contributed by atoms with Gasteiger partial charge in [0.2, 0.25) is 12.2 Å². The number of hydrogen-bond donors (Lipinski definition) is 0. The maximum absolute atomic E-state index is 10.3. The molecule has 0 radical (unpaired) electrons. The van der Waals surface area contributed by atoms with Crippen molar-refractivity contribution in [2.45, 2.75) is 103 Å². The van der Waals surface area contributed by atoms with E-state index in [9.17, 15) is 9.59 Å². The lowest BCUT2D eigenvalue weighted by Crippen LogP contribution is -1.84. The number of nitrogens with zero attached hydrogens (tertiary/aromatic N) is 2. The van der Waals surface area contributed by atoms with Gasteiger partial charge in [0.25, 0.3) is 0 Å². The Morgan fingerprint density at radius 2 is 1.17 bits per heavy atom. The molecular weight excluding hydrogens is 300 g/mol. The molecule has 0 unspecified atom stereocenters. The second-order valence-corrected chi connectivity index (χ2v) is 6.39. The van der Waals surface area contributed by atoms with Crippen molar-refractivity contribution < 1.29 is 9.59 Å². The molecular formula is C20H34N2O2. The van der Waals surface area contributed by atoms with Crippen molar-refractivity contribution in [3.63, 3.8) is 0 Å². The van der Waals surface area contributed by atoms with Crippen molar-refractivity contribution in [1.29, 1.82) is 0 Å². The number of carbonyl (C=O) groups excluding carboxylic acids is 2. The van der Waals surface area contributed by atoms with Crippen LogP contribution in [0.2, 0.25) is 0 Å². The first kappa shape index (κ1) is 22.5.